The van der Waals surface area contributed by atoms with Gasteiger partial charge < -0.3 is 10.2 Å². The van der Waals surface area contributed by atoms with Crippen molar-refractivity contribution in [3.63, 3.8) is 0 Å². The van der Waals surface area contributed by atoms with Crippen molar-refractivity contribution in [1.82, 2.24) is 19.7 Å². The molecule has 0 spiro atoms. The van der Waals surface area contributed by atoms with Crippen LogP contribution in [0.4, 0.5) is 10.1 Å². The summed E-state index contributed by atoms with van der Waals surface area (Å²) < 4.78 is 15.7. The number of aryl methyl sites for hydroxylation is 1. The number of hydrogen-bond acceptors (Lipinski definition) is 4. The molecule has 0 aliphatic carbocycles. The van der Waals surface area contributed by atoms with Crippen LogP contribution in [0.3, 0.4) is 0 Å². The number of amides is 2. The highest BCUT2D eigenvalue weighted by molar-refractivity contribution is 6.06. The lowest BCUT2D eigenvalue weighted by Gasteiger charge is -2.23. The number of pyridine rings is 1. The number of carbonyl (C=O) groups is 2. The molecule has 4 rings (SSSR count). The van der Waals surface area contributed by atoms with E-state index in [0.717, 1.165) is 6.42 Å². The molecule has 3 aromatic rings. The highest BCUT2D eigenvalue weighted by Crippen LogP contribution is 2.19. The third-order valence-corrected chi connectivity index (χ3v) is 4.61. The van der Waals surface area contributed by atoms with Gasteiger partial charge in [0.25, 0.3) is 11.8 Å². The van der Waals surface area contributed by atoms with Gasteiger partial charge in [0.15, 0.2) is 0 Å². The number of carbonyl (C=O) groups excluding carboxylic acids is 2. The van der Waals surface area contributed by atoms with E-state index in [1.807, 2.05) is 12.2 Å². The topological polar surface area (TPSA) is 80.1 Å². The lowest BCUT2D eigenvalue weighted by atomic mass is 10.1. The molecule has 0 saturated carbocycles. The maximum absolute atomic E-state index is 14.1. The molecule has 0 unspecified atom stereocenters. The van der Waals surface area contributed by atoms with Gasteiger partial charge in [-0.3, -0.25) is 19.3 Å². The number of anilines is 1. The molecule has 8 heteroatoms. The number of benzene rings is 1. The number of nitrogens with zero attached hydrogens (tertiary/aromatic N) is 4. The Morgan fingerprint density at radius 3 is 2.75 bits per heavy atom. The first-order valence-corrected chi connectivity index (χ1v) is 8.85. The van der Waals surface area contributed by atoms with Crippen molar-refractivity contribution in [2.45, 2.75) is 6.42 Å². The predicted molar refractivity (Wildman–Crippen MR) is 103 cm³/mol. The first-order valence-electron chi connectivity index (χ1n) is 8.85. The van der Waals surface area contributed by atoms with Crippen molar-refractivity contribution >= 4 is 28.5 Å². The van der Waals surface area contributed by atoms with Gasteiger partial charge in [-0.1, -0.05) is 12.2 Å². The lowest BCUT2D eigenvalue weighted by Crippen LogP contribution is -2.33. The van der Waals surface area contributed by atoms with Gasteiger partial charge in [0, 0.05) is 37.6 Å². The number of hydrogen-bond donors (Lipinski definition) is 1. The molecule has 0 saturated heterocycles. The van der Waals surface area contributed by atoms with Crippen molar-refractivity contribution in [1.29, 1.82) is 0 Å². The summed E-state index contributed by atoms with van der Waals surface area (Å²) in [6.45, 7) is 1.08. The van der Waals surface area contributed by atoms with Crippen LogP contribution in [0, 0.1) is 5.82 Å². The number of nitrogens with one attached hydrogen (secondary N) is 1. The molecule has 2 amide bonds. The van der Waals surface area contributed by atoms with Gasteiger partial charge in [-0.15, -0.1) is 0 Å². The molecule has 1 N–H and O–H groups in total. The van der Waals surface area contributed by atoms with Crippen LogP contribution in [-0.4, -0.2) is 44.6 Å². The second kappa shape index (κ2) is 7.22. The van der Waals surface area contributed by atoms with Crippen LogP contribution in [0.15, 0.2) is 48.8 Å². The van der Waals surface area contributed by atoms with Crippen molar-refractivity contribution in [2.75, 3.05) is 18.4 Å². The van der Waals surface area contributed by atoms with E-state index in [2.05, 4.69) is 15.4 Å². The van der Waals surface area contributed by atoms with Crippen LogP contribution in [0.5, 0.6) is 0 Å². The zero-order valence-corrected chi connectivity index (χ0v) is 15.2. The number of rotatable bonds is 3. The Morgan fingerprint density at radius 1 is 1.11 bits per heavy atom. The molecule has 0 bridgehead atoms. The number of aromatic nitrogens is 3. The first-order chi connectivity index (χ1) is 13.5. The van der Waals surface area contributed by atoms with Crippen LogP contribution in [-0.2, 0) is 7.05 Å². The number of halogens is 1. The van der Waals surface area contributed by atoms with Crippen LogP contribution in [0.2, 0.25) is 0 Å². The van der Waals surface area contributed by atoms with E-state index in [0.29, 0.717) is 29.7 Å². The van der Waals surface area contributed by atoms with E-state index in [4.69, 9.17) is 0 Å². The number of fused-ring (bicyclic) bond motifs is 1. The molecule has 7 nitrogen and oxygen atoms in total. The Balaban J connectivity index is 1.57. The fraction of sp³-hybridized carbons (Fsp3) is 0.200. The van der Waals surface area contributed by atoms with Crippen LogP contribution < -0.4 is 5.32 Å². The minimum absolute atomic E-state index is 0.200. The summed E-state index contributed by atoms with van der Waals surface area (Å²) in [6.07, 6.45) is 7.73. The second-order valence-electron chi connectivity index (χ2n) is 6.59. The van der Waals surface area contributed by atoms with Crippen molar-refractivity contribution in [3.05, 3.63) is 65.8 Å². The van der Waals surface area contributed by atoms with Gasteiger partial charge >= 0.3 is 0 Å². The average Bonchev–Trinajstić information content (AvgIpc) is 3.08. The summed E-state index contributed by atoms with van der Waals surface area (Å²) in [6, 6.07) is 5.51. The van der Waals surface area contributed by atoms with Crippen LogP contribution in [0.1, 0.15) is 27.1 Å². The highest BCUT2D eigenvalue weighted by atomic mass is 19.1. The maximum Gasteiger partial charge on any atom is 0.257 e. The molecule has 1 aromatic carbocycles. The van der Waals surface area contributed by atoms with Gasteiger partial charge in [0.1, 0.15) is 11.3 Å². The third-order valence-electron chi connectivity index (χ3n) is 4.61. The molecular weight excluding hydrogens is 361 g/mol. The fourth-order valence-corrected chi connectivity index (χ4v) is 3.15. The van der Waals surface area contributed by atoms with Gasteiger partial charge in [-0.2, -0.15) is 5.10 Å². The Kier molecular flexibility index (Phi) is 4.60. The Morgan fingerprint density at radius 2 is 1.96 bits per heavy atom. The summed E-state index contributed by atoms with van der Waals surface area (Å²) in [7, 11) is 1.76. The molecule has 3 heterocycles. The maximum atomic E-state index is 14.1. The summed E-state index contributed by atoms with van der Waals surface area (Å²) in [4.78, 5) is 31.0. The molecule has 28 heavy (non-hydrogen) atoms. The first kappa shape index (κ1) is 17.8. The quantitative estimate of drug-likeness (QED) is 0.710. The largest absolute Gasteiger partial charge is 0.335 e. The standard InChI is InChI=1S/C20H18FN5O2/c1-25-18-9-14(11-22-17(18)12-23-25)19(27)24-16-8-13(7-15(21)10-16)20(28)26-5-3-2-4-6-26/h2-3,7-12H,4-6H2,1H3,(H,24,27). The Bertz CT molecular complexity index is 1110. The summed E-state index contributed by atoms with van der Waals surface area (Å²) in [5, 5.41) is 6.73. The fourth-order valence-electron chi connectivity index (χ4n) is 3.15. The lowest BCUT2D eigenvalue weighted by molar-refractivity contribution is 0.0770. The van der Waals surface area contributed by atoms with Crippen molar-refractivity contribution in [3.8, 4) is 0 Å². The van der Waals surface area contributed by atoms with Crippen molar-refractivity contribution in [2.24, 2.45) is 7.05 Å². The smallest absolute Gasteiger partial charge is 0.257 e. The zero-order chi connectivity index (χ0) is 19.7. The van der Waals surface area contributed by atoms with Gasteiger partial charge in [-0.05, 0) is 30.7 Å². The average molecular weight is 379 g/mol. The predicted octanol–water partition coefficient (Wildman–Crippen LogP) is 2.76. The van der Waals surface area contributed by atoms with Crippen LogP contribution in [0.25, 0.3) is 11.0 Å². The molecule has 2 aromatic heterocycles. The van der Waals surface area contributed by atoms with Gasteiger partial charge in [-0.25, -0.2) is 4.39 Å². The molecule has 0 fully saturated rings. The second-order valence-corrected chi connectivity index (χ2v) is 6.59. The summed E-state index contributed by atoms with van der Waals surface area (Å²) in [5.41, 5.74) is 2.11. The monoisotopic (exact) mass is 379 g/mol. The minimum atomic E-state index is -0.589. The van der Waals surface area contributed by atoms with Crippen molar-refractivity contribution < 1.29 is 14.0 Å². The Hall–Kier alpha value is -3.55. The molecule has 142 valence electrons. The minimum Gasteiger partial charge on any atom is -0.335 e. The van der Waals surface area contributed by atoms with Gasteiger partial charge in [0.2, 0.25) is 0 Å². The Labute approximate surface area is 160 Å². The van der Waals surface area contributed by atoms with E-state index in [-0.39, 0.29) is 17.2 Å². The van der Waals surface area contributed by atoms with E-state index in [9.17, 15) is 14.0 Å². The third kappa shape index (κ3) is 3.48. The molecule has 1 aliphatic heterocycles. The van der Waals surface area contributed by atoms with E-state index < -0.39 is 11.7 Å². The molecule has 0 atom stereocenters. The molecule has 1 aliphatic rings. The zero-order valence-electron chi connectivity index (χ0n) is 15.2. The normalized spacial score (nSPS) is 13.7. The van der Waals surface area contributed by atoms with Gasteiger partial charge in [0.05, 0.1) is 17.3 Å². The summed E-state index contributed by atoms with van der Waals surface area (Å²) in [5.74, 6) is -1.30. The molecular formula is C20H18FN5O2. The highest BCUT2D eigenvalue weighted by Gasteiger charge is 2.18. The van der Waals surface area contributed by atoms with E-state index in [1.165, 1.54) is 24.4 Å². The summed E-state index contributed by atoms with van der Waals surface area (Å²) >= 11 is 0. The van der Waals surface area contributed by atoms with E-state index in [1.54, 1.807) is 28.9 Å². The molecule has 0 radical (unpaired) electrons. The SMILES string of the molecule is Cn1ncc2ncc(C(=O)Nc3cc(F)cc(C(=O)N4CC=CCC4)c3)cc21. The van der Waals surface area contributed by atoms with E-state index >= 15 is 0 Å². The van der Waals surface area contributed by atoms with Crippen LogP contribution >= 0.6 is 0 Å².